The molecule has 0 spiro atoms. The van der Waals surface area contributed by atoms with Crippen LogP contribution in [0.3, 0.4) is 0 Å². The summed E-state index contributed by atoms with van der Waals surface area (Å²) in [6, 6.07) is 0. The first-order chi connectivity index (χ1) is 8.18. The van der Waals surface area contributed by atoms with Gasteiger partial charge in [0.2, 0.25) is 0 Å². The molecule has 0 radical (unpaired) electrons. The first kappa shape index (κ1) is 21.1. The van der Waals surface area contributed by atoms with E-state index in [1.807, 2.05) is 0 Å². The van der Waals surface area contributed by atoms with E-state index in [1.54, 1.807) is 13.8 Å². The van der Waals surface area contributed by atoms with Crippen LogP contribution in [-0.4, -0.2) is 36.5 Å². The summed E-state index contributed by atoms with van der Waals surface area (Å²) in [5.41, 5.74) is 9.26. The average Bonchev–Trinajstić information content (AvgIpc) is 2.18. The van der Waals surface area contributed by atoms with E-state index in [4.69, 9.17) is 5.11 Å². The third kappa shape index (κ3) is 37.2. The van der Waals surface area contributed by atoms with Crippen molar-refractivity contribution in [3.63, 3.8) is 0 Å². The fourth-order valence-corrected chi connectivity index (χ4v) is 0.285. The van der Waals surface area contributed by atoms with Gasteiger partial charge in [-0.05, 0) is 20.8 Å². The lowest BCUT2D eigenvalue weighted by Crippen LogP contribution is -2.11. The van der Waals surface area contributed by atoms with E-state index in [2.05, 4.69) is 27.5 Å². The summed E-state index contributed by atoms with van der Waals surface area (Å²) in [5, 5.41) is 7.89. The summed E-state index contributed by atoms with van der Waals surface area (Å²) in [5.74, 6) is -0.935. The van der Waals surface area contributed by atoms with Crippen molar-refractivity contribution in [1.29, 1.82) is 0 Å². The Morgan fingerprint density at radius 3 is 1.28 bits per heavy atom. The SMILES string of the molecule is C=C(C)C(=O)O.CCOC(N)=O.CCOC(N)=O. The number of hydrogen-bond donors (Lipinski definition) is 3. The number of rotatable bonds is 3. The number of carboxylic acids is 1. The van der Waals surface area contributed by atoms with Gasteiger partial charge in [0, 0.05) is 5.57 Å². The largest absolute Gasteiger partial charge is 0.478 e. The van der Waals surface area contributed by atoms with E-state index in [1.165, 1.54) is 6.92 Å². The number of carboxylic acid groups (broad SMARTS) is 1. The number of nitrogens with two attached hydrogens (primary N) is 2. The Morgan fingerprint density at radius 2 is 1.28 bits per heavy atom. The molecular formula is C10H20N2O6. The van der Waals surface area contributed by atoms with E-state index in [0.29, 0.717) is 13.2 Å². The van der Waals surface area contributed by atoms with Crippen LogP contribution in [0.2, 0.25) is 0 Å². The van der Waals surface area contributed by atoms with Crippen molar-refractivity contribution in [2.75, 3.05) is 13.2 Å². The van der Waals surface area contributed by atoms with Gasteiger partial charge in [0.15, 0.2) is 0 Å². The summed E-state index contributed by atoms with van der Waals surface area (Å²) in [6.07, 6.45) is -1.42. The van der Waals surface area contributed by atoms with Crippen molar-refractivity contribution in [1.82, 2.24) is 0 Å². The first-order valence-electron chi connectivity index (χ1n) is 4.92. The molecule has 0 saturated heterocycles. The smallest absolute Gasteiger partial charge is 0.404 e. The molecule has 5 N–H and O–H groups in total. The Kier molecular flexibility index (Phi) is 17.3. The molecule has 0 aromatic carbocycles. The number of ether oxygens (including phenoxy) is 2. The number of amides is 2. The second-order valence-electron chi connectivity index (χ2n) is 2.59. The highest BCUT2D eigenvalue weighted by atomic mass is 16.5. The maximum atomic E-state index is 9.60. The Labute approximate surface area is 106 Å². The minimum atomic E-state index is -0.935. The predicted molar refractivity (Wildman–Crippen MR) is 64.9 cm³/mol. The van der Waals surface area contributed by atoms with E-state index < -0.39 is 18.2 Å². The molecule has 8 heteroatoms. The molecular weight excluding hydrogens is 244 g/mol. The lowest BCUT2D eigenvalue weighted by molar-refractivity contribution is -0.132. The standard InChI is InChI=1S/C4H6O2.2C3H7NO2/c1-3(2)4(5)6;2*1-2-6-3(4)5/h1H2,2H3,(H,5,6);2*2H2,1H3,(H2,4,5). The maximum absolute atomic E-state index is 9.60. The zero-order chi connectivity index (χ0) is 15.1. The van der Waals surface area contributed by atoms with Gasteiger partial charge in [-0.2, -0.15) is 0 Å². The maximum Gasteiger partial charge on any atom is 0.404 e. The molecule has 2 amide bonds. The van der Waals surface area contributed by atoms with Crippen LogP contribution in [0.15, 0.2) is 12.2 Å². The summed E-state index contributed by atoms with van der Waals surface area (Å²) < 4.78 is 8.36. The van der Waals surface area contributed by atoms with Crippen LogP contribution in [0.1, 0.15) is 20.8 Å². The lowest BCUT2D eigenvalue weighted by atomic mass is 10.4. The monoisotopic (exact) mass is 264 g/mol. The molecule has 106 valence electrons. The Balaban J connectivity index is -0.000000187. The predicted octanol–water partition coefficient (Wildman–Crippen LogP) is 0.850. The number of hydrogen-bond acceptors (Lipinski definition) is 5. The molecule has 8 nitrogen and oxygen atoms in total. The third-order valence-electron chi connectivity index (χ3n) is 0.938. The fraction of sp³-hybridized carbons (Fsp3) is 0.500. The molecule has 0 aliphatic carbocycles. The fourth-order valence-electron chi connectivity index (χ4n) is 0.285. The number of aliphatic carboxylic acids is 1. The Morgan fingerprint density at radius 1 is 1.06 bits per heavy atom. The second kappa shape index (κ2) is 14.8. The molecule has 0 aromatic heterocycles. The van der Waals surface area contributed by atoms with Crippen molar-refractivity contribution in [2.45, 2.75) is 20.8 Å². The lowest BCUT2D eigenvalue weighted by Gasteiger charge is -1.89. The van der Waals surface area contributed by atoms with Gasteiger partial charge in [-0.25, -0.2) is 14.4 Å². The van der Waals surface area contributed by atoms with E-state index in [-0.39, 0.29) is 5.57 Å². The highest BCUT2D eigenvalue weighted by molar-refractivity contribution is 5.84. The highest BCUT2D eigenvalue weighted by Gasteiger charge is 1.90. The molecule has 0 atom stereocenters. The number of carbonyl (C=O) groups is 3. The minimum absolute atomic E-state index is 0.176. The number of primary amides is 2. The summed E-state index contributed by atoms with van der Waals surface area (Å²) in [4.78, 5) is 28.8. The van der Waals surface area contributed by atoms with Gasteiger partial charge < -0.3 is 26.0 Å². The normalized spacial score (nSPS) is 7.50. The topological polar surface area (TPSA) is 142 Å². The zero-order valence-corrected chi connectivity index (χ0v) is 10.8. The van der Waals surface area contributed by atoms with Crippen LogP contribution in [0.4, 0.5) is 9.59 Å². The molecule has 0 saturated carbocycles. The molecule has 0 rings (SSSR count). The summed E-state index contributed by atoms with van der Waals surface area (Å²) in [6.45, 7) is 8.71. The molecule has 0 fully saturated rings. The van der Waals surface area contributed by atoms with E-state index in [9.17, 15) is 14.4 Å². The molecule has 0 heterocycles. The molecule has 0 aliphatic rings. The Hall–Kier alpha value is -2.25. The first-order valence-corrected chi connectivity index (χ1v) is 4.92. The quantitative estimate of drug-likeness (QED) is 0.645. The van der Waals surface area contributed by atoms with E-state index >= 15 is 0 Å². The number of carbonyl (C=O) groups excluding carboxylic acids is 2. The van der Waals surface area contributed by atoms with Crippen LogP contribution in [0.25, 0.3) is 0 Å². The van der Waals surface area contributed by atoms with Gasteiger partial charge in [-0.15, -0.1) is 0 Å². The van der Waals surface area contributed by atoms with Crippen molar-refractivity contribution < 1.29 is 29.0 Å². The molecule has 0 aromatic rings. The average molecular weight is 264 g/mol. The minimum Gasteiger partial charge on any atom is -0.478 e. The van der Waals surface area contributed by atoms with Gasteiger partial charge in [0.25, 0.3) is 0 Å². The van der Waals surface area contributed by atoms with Crippen LogP contribution in [0.5, 0.6) is 0 Å². The molecule has 18 heavy (non-hydrogen) atoms. The second-order valence-corrected chi connectivity index (χ2v) is 2.59. The molecule has 0 bridgehead atoms. The van der Waals surface area contributed by atoms with Crippen LogP contribution in [0, 0.1) is 0 Å². The Bertz CT molecular complexity index is 250. The van der Waals surface area contributed by atoms with Gasteiger partial charge in [-0.3, -0.25) is 0 Å². The van der Waals surface area contributed by atoms with Crippen LogP contribution >= 0.6 is 0 Å². The third-order valence-corrected chi connectivity index (χ3v) is 0.938. The van der Waals surface area contributed by atoms with Crippen molar-refractivity contribution >= 4 is 18.2 Å². The van der Waals surface area contributed by atoms with Gasteiger partial charge in [0.1, 0.15) is 0 Å². The van der Waals surface area contributed by atoms with Gasteiger partial charge in [-0.1, -0.05) is 6.58 Å². The van der Waals surface area contributed by atoms with Gasteiger partial charge >= 0.3 is 18.2 Å². The summed E-state index contributed by atoms with van der Waals surface area (Å²) >= 11 is 0. The summed E-state index contributed by atoms with van der Waals surface area (Å²) in [7, 11) is 0. The van der Waals surface area contributed by atoms with Gasteiger partial charge in [0.05, 0.1) is 13.2 Å². The zero-order valence-electron chi connectivity index (χ0n) is 10.8. The van der Waals surface area contributed by atoms with Crippen molar-refractivity contribution in [3.8, 4) is 0 Å². The van der Waals surface area contributed by atoms with E-state index in [0.717, 1.165) is 0 Å². The van der Waals surface area contributed by atoms with Crippen molar-refractivity contribution in [2.24, 2.45) is 11.5 Å². The molecule has 0 unspecified atom stereocenters. The molecule has 0 aliphatic heterocycles. The highest BCUT2D eigenvalue weighted by Crippen LogP contribution is 1.81. The van der Waals surface area contributed by atoms with Crippen LogP contribution < -0.4 is 11.5 Å². The van der Waals surface area contributed by atoms with Crippen molar-refractivity contribution in [3.05, 3.63) is 12.2 Å². The van der Waals surface area contributed by atoms with Crippen LogP contribution in [-0.2, 0) is 14.3 Å².